The summed E-state index contributed by atoms with van der Waals surface area (Å²) in [5.74, 6) is 0.682. The van der Waals surface area contributed by atoms with Gasteiger partial charge in [0.1, 0.15) is 0 Å². The van der Waals surface area contributed by atoms with Gasteiger partial charge in [-0.2, -0.15) is 5.10 Å². The monoisotopic (exact) mass is 299 g/mol. The Labute approximate surface area is 117 Å². The molecule has 0 atom stereocenters. The Kier molecular flexibility index (Phi) is 3.76. The van der Waals surface area contributed by atoms with Gasteiger partial charge in [0.25, 0.3) is 5.69 Å². The zero-order chi connectivity index (χ0) is 14.0. The summed E-state index contributed by atoms with van der Waals surface area (Å²) in [6.07, 6.45) is 0. The van der Waals surface area contributed by atoms with Crippen LogP contribution in [-0.4, -0.2) is 29.3 Å². The van der Waals surface area contributed by atoms with Crippen LogP contribution in [0.5, 0.6) is 11.5 Å². The molecule has 0 amide bonds. The maximum Gasteiger partial charge on any atom is 0.283 e. The van der Waals surface area contributed by atoms with E-state index in [9.17, 15) is 10.1 Å². The number of nitro groups is 1. The Morgan fingerprint density at radius 3 is 2.47 bits per heavy atom. The topological polar surface area (TPSA) is 90.3 Å². The van der Waals surface area contributed by atoms with E-state index < -0.39 is 4.92 Å². The van der Waals surface area contributed by atoms with E-state index in [0.717, 1.165) is 11.3 Å². The summed E-state index contributed by atoms with van der Waals surface area (Å²) < 4.78 is 10.6. The lowest BCUT2D eigenvalue weighted by Gasteiger charge is -2.08. The maximum atomic E-state index is 11.1. The van der Waals surface area contributed by atoms with Gasteiger partial charge in [-0.15, -0.1) is 0 Å². The van der Waals surface area contributed by atoms with E-state index in [1.54, 1.807) is 0 Å². The quantitative estimate of drug-likeness (QED) is 0.530. The minimum Gasteiger partial charge on any atom is -0.493 e. The minimum absolute atomic E-state index is 0.115. The fraction of sp³-hybridized carbons (Fsp3) is 0.200. The van der Waals surface area contributed by atoms with Crippen LogP contribution >= 0.6 is 23.6 Å². The molecule has 19 heavy (non-hydrogen) atoms. The number of rotatable bonds is 4. The van der Waals surface area contributed by atoms with Crippen LogP contribution in [-0.2, 0) is 0 Å². The van der Waals surface area contributed by atoms with Crippen molar-refractivity contribution in [2.75, 3.05) is 14.2 Å². The Balaban J connectivity index is 2.70. The predicted octanol–water partition coefficient (Wildman–Crippen LogP) is 2.79. The number of hydrogen-bond donors (Lipinski definition) is 1. The number of nitro benzene ring substituents is 1. The van der Waals surface area contributed by atoms with Crippen molar-refractivity contribution in [3.8, 4) is 22.1 Å². The number of ether oxygens (including phenoxy) is 2. The molecule has 1 N–H and O–H groups in total. The lowest BCUT2D eigenvalue weighted by atomic mass is 10.1. The average molecular weight is 299 g/mol. The molecular formula is C10H9N3O4S2. The van der Waals surface area contributed by atoms with Crippen molar-refractivity contribution in [3.63, 3.8) is 0 Å². The Bertz CT molecular complexity index is 680. The van der Waals surface area contributed by atoms with Gasteiger partial charge < -0.3 is 9.47 Å². The van der Waals surface area contributed by atoms with Gasteiger partial charge in [-0.1, -0.05) is 11.3 Å². The molecule has 1 aromatic heterocycles. The summed E-state index contributed by atoms with van der Waals surface area (Å²) in [6, 6.07) is 2.82. The molecular weight excluding hydrogens is 290 g/mol. The van der Waals surface area contributed by atoms with Crippen LogP contribution in [0.1, 0.15) is 0 Å². The Hall–Kier alpha value is -2.00. The smallest absolute Gasteiger partial charge is 0.283 e. The highest BCUT2D eigenvalue weighted by molar-refractivity contribution is 7.73. The molecule has 0 bridgehead atoms. The van der Waals surface area contributed by atoms with E-state index in [0.29, 0.717) is 20.3 Å². The molecule has 1 heterocycles. The van der Waals surface area contributed by atoms with E-state index >= 15 is 0 Å². The number of benzene rings is 1. The normalized spacial score (nSPS) is 10.2. The van der Waals surface area contributed by atoms with E-state index in [2.05, 4.69) is 10.2 Å². The van der Waals surface area contributed by atoms with Crippen LogP contribution in [0.25, 0.3) is 10.6 Å². The van der Waals surface area contributed by atoms with Crippen LogP contribution in [0.4, 0.5) is 5.69 Å². The first kappa shape index (κ1) is 13.4. The number of nitrogens with zero attached hydrogens (tertiary/aromatic N) is 2. The van der Waals surface area contributed by atoms with E-state index in [4.69, 9.17) is 21.7 Å². The van der Waals surface area contributed by atoms with Crippen LogP contribution in [0.2, 0.25) is 0 Å². The third-order valence-corrected chi connectivity index (χ3v) is 3.49. The Morgan fingerprint density at radius 2 is 2.00 bits per heavy atom. The molecule has 2 rings (SSSR count). The molecule has 2 aromatic rings. The first-order valence-electron chi connectivity index (χ1n) is 5.03. The highest BCUT2D eigenvalue weighted by atomic mass is 32.1. The van der Waals surface area contributed by atoms with E-state index in [1.807, 2.05) is 0 Å². The molecule has 0 aliphatic rings. The van der Waals surface area contributed by atoms with Crippen molar-refractivity contribution in [2.45, 2.75) is 0 Å². The van der Waals surface area contributed by atoms with Crippen LogP contribution < -0.4 is 9.47 Å². The molecule has 0 radical (unpaired) electrons. The number of aromatic amines is 1. The number of methoxy groups -OCH3 is 2. The zero-order valence-electron chi connectivity index (χ0n) is 10.00. The van der Waals surface area contributed by atoms with Gasteiger partial charge in [0.2, 0.25) is 0 Å². The van der Waals surface area contributed by atoms with Crippen molar-refractivity contribution in [3.05, 3.63) is 26.2 Å². The van der Waals surface area contributed by atoms with Gasteiger partial charge in [0, 0.05) is 6.07 Å². The van der Waals surface area contributed by atoms with Crippen LogP contribution in [0.3, 0.4) is 0 Å². The number of H-pyrrole nitrogens is 1. The summed E-state index contributed by atoms with van der Waals surface area (Å²) in [5, 5.41) is 18.1. The lowest BCUT2D eigenvalue weighted by molar-refractivity contribution is -0.384. The molecule has 0 aliphatic carbocycles. The standard InChI is InChI=1S/C10H9N3O4S2/c1-16-7-3-5(9-11-12-10(18)19-9)6(13(14)15)4-8(7)17-2/h3-4H,1-2H3,(H,12,18). The molecule has 0 saturated heterocycles. The van der Waals surface area contributed by atoms with Crippen molar-refractivity contribution in [2.24, 2.45) is 0 Å². The second-order valence-electron chi connectivity index (χ2n) is 3.40. The molecule has 1 aromatic carbocycles. The largest absolute Gasteiger partial charge is 0.493 e. The molecule has 7 nitrogen and oxygen atoms in total. The number of nitrogens with one attached hydrogen (secondary N) is 1. The first-order valence-corrected chi connectivity index (χ1v) is 6.25. The third kappa shape index (κ3) is 2.56. The van der Waals surface area contributed by atoms with Crippen LogP contribution in [0, 0.1) is 14.1 Å². The summed E-state index contributed by atoms with van der Waals surface area (Å²) >= 11 is 6.08. The van der Waals surface area contributed by atoms with Gasteiger partial charge in [-0.25, -0.2) is 0 Å². The molecule has 100 valence electrons. The summed E-state index contributed by atoms with van der Waals surface area (Å²) in [5.41, 5.74) is 0.218. The molecule has 0 aliphatic heterocycles. The van der Waals surface area contributed by atoms with Gasteiger partial charge in [-0.3, -0.25) is 15.2 Å². The predicted molar refractivity (Wildman–Crippen MR) is 72.5 cm³/mol. The van der Waals surface area contributed by atoms with Gasteiger partial charge in [0.05, 0.1) is 30.8 Å². The van der Waals surface area contributed by atoms with Crippen molar-refractivity contribution in [1.29, 1.82) is 0 Å². The van der Waals surface area contributed by atoms with E-state index in [-0.39, 0.29) is 11.4 Å². The fourth-order valence-electron chi connectivity index (χ4n) is 1.54. The third-order valence-electron chi connectivity index (χ3n) is 2.37. The summed E-state index contributed by atoms with van der Waals surface area (Å²) in [4.78, 5) is 10.6. The number of hydrogen-bond acceptors (Lipinski definition) is 7. The fourth-order valence-corrected chi connectivity index (χ4v) is 2.45. The second kappa shape index (κ2) is 5.33. The summed E-state index contributed by atoms with van der Waals surface area (Å²) in [7, 11) is 2.87. The summed E-state index contributed by atoms with van der Waals surface area (Å²) in [6.45, 7) is 0. The molecule has 0 unspecified atom stereocenters. The van der Waals surface area contributed by atoms with E-state index in [1.165, 1.54) is 26.4 Å². The zero-order valence-corrected chi connectivity index (χ0v) is 11.6. The van der Waals surface area contributed by atoms with Crippen molar-refractivity contribution < 1.29 is 14.4 Å². The lowest BCUT2D eigenvalue weighted by Crippen LogP contribution is -1.96. The average Bonchev–Trinajstić information content (AvgIpc) is 2.83. The highest BCUT2D eigenvalue weighted by Crippen LogP contribution is 2.40. The number of aromatic nitrogens is 2. The molecule has 0 fully saturated rings. The second-order valence-corrected chi connectivity index (χ2v) is 5.07. The van der Waals surface area contributed by atoms with Crippen molar-refractivity contribution in [1.82, 2.24) is 10.2 Å². The molecule has 0 saturated carbocycles. The first-order chi connectivity index (χ1) is 9.06. The van der Waals surface area contributed by atoms with Crippen molar-refractivity contribution >= 4 is 29.2 Å². The highest BCUT2D eigenvalue weighted by Gasteiger charge is 2.22. The van der Waals surface area contributed by atoms with Gasteiger partial charge in [-0.05, 0) is 12.2 Å². The minimum atomic E-state index is -0.498. The Morgan fingerprint density at radius 1 is 1.37 bits per heavy atom. The maximum absolute atomic E-state index is 11.1. The molecule has 9 heteroatoms. The van der Waals surface area contributed by atoms with Gasteiger partial charge in [0.15, 0.2) is 20.5 Å². The van der Waals surface area contributed by atoms with Gasteiger partial charge >= 0.3 is 0 Å². The SMILES string of the molecule is COc1cc(-c2n[nH]c(=S)s2)c([N+](=O)[O-])cc1OC. The van der Waals surface area contributed by atoms with Crippen LogP contribution in [0.15, 0.2) is 12.1 Å². The molecule has 0 spiro atoms.